The number of Topliss-reactive ketones (excluding diaryl/α,β-unsaturated/α-hetero) is 1. The van der Waals surface area contributed by atoms with Gasteiger partial charge in [0, 0.05) is 51.3 Å². The first kappa shape index (κ1) is 23.3. The van der Waals surface area contributed by atoms with Gasteiger partial charge in [0.25, 0.3) is 5.91 Å². The molecule has 0 bridgehead atoms. The Balaban J connectivity index is 1.51. The van der Waals surface area contributed by atoms with Crippen LogP contribution in [0.25, 0.3) is 0 Å². The van der Waals surface area contributed by atoms with E-state index in [0.717, 1.165) is 31.9 Å². The van der Waals surface area contributed by atoms with Crippen LogP contribution in [-0.4, -0.2) is 84.4 Å². The number of nitrogens with zero attached hydrogens (tertiary/aromatic N) is 5. The summed E-state index contributed by atoms with van der Waals surface area (Å²) in [5, 5.41) is 3.73. The Kier molecular flexibility index (Phi) is 6.99. The number of ether oxygens (including phenoxy) is 1. The summed E-state index contributed by atoms with van der Waals surface area (Å²) >= 11 is 6.38. The number of fused-ring (bicyclic) bond motifs is 1. The second-order valence-electron chi connectivity index (χ2n) is 8.46. The van der Waals surface area contributed by atoms with Gasteiger partial charge in [0.05, 0.1) is 12.2 Å². The molecule has 3 aliphatic rings. The van der Waals surface area contributed by atoms with Crippen LogP contribution >= 0.6 is 11.6 Å². The largest absolute Gasteiger partial charge is 0.480 e. The molecule has 0 saturated carbocycles. The van der Waals surface area contributed by atoms with Crippen LogP contribution in [-0.2, 0) is 14.3 Å². The van der Waals surface area contributed by atoms with Crippen molar-refractivity contribution in [2.24, 2.45) is 5.92 Å². The van der Waals surface area contributed by atoms with Gasteiger partial charge in [-0.1, -0.05) is 30.7 Å². The Morgan fingerprint density at radius 3 is 2.73 bits per heavy atom. The Bertz CT molecular complexity index is 1020. The number of anilines is 2. The number of likely N-dealkylation sites (N-methyl/N-ethyl adjacent to an activating group) is 2. The summed E-state index contributed by atoms with van der Waals surface area (Å²) in [7, 11) is 3.84. The molecule has 1 aliphatic carbocycles. The Morgan fingerprint density at radius 2 is 2.00 bits per heavy atom. The van der Waals surface area contributed by atoms with E-state index in [1.807, 2.05) is 18.2 Å². The summed E-state index contributed by atoms with van der Waals surface area (Å²) in [6.45, 7) is 5.30. The first-order valence-corrected chi connectivity index (χ1v) is 11.5. The summed E-state index contributed by atoms with van der Waals surface area (Å²) in [4.78, 5) is 39.4. The molecule has 1 saturated heterocycles. The maximum atomic E-state index is 12.6. The first-order valence-electron chi connectivity index (χ1n) is 11.1. The fourth-order valence-corrected chi connectivity index (χ4v) is 4.11. The maximum Gasteiger partial charge on any atom is 0.288 e. The van der Waals surface area contributed by atoms with Crippen molar-refractivity contribution in [2.75, 3.05) is 57.1 Å². The Labute approximate surface area is 198 Å². The van der Waals surface area contributed by atoms with E-state index in [1.165, 1.54) is 0 Å². The lowest BCUT2D eigenvalue weighted by Gasteiger charge is -2.36. The zero-order valence-electron chi connectivity index (χ0n) is 19.1. The van der Waals surface area contributed by atoms with Crippen LogP contribution in [0.4, 0.5) is 11.8 Å². The minimum absolute atomic E-state index is 0.0514. The van der Waals surface area contributed by atoms with Crippen LogP contribution in [0.15, 0.2) is 42.0 Å². The number of hydrogen-bond acceptors (Lipinski definition) is 8. The van der Waals surface area contributed by atoms with Gasteiger partial charge in [0.2, 0.25) is 5.95 Å². The van der Waals surface area contributed by atoms with Crippen molar-refractivity contribution in [2.45, 2.75) is 19.4 Å². The number of nitrogens with one attached hydrogen (secondary N) is 1. The number of rotatable bonds is 7. The number of piperazine rings is 1. The average molecular weight is 473 g/mol. The molecule has 1 aromatic heterocycles. The summed E-state index contributed by atoms with van der Waals surface area (Å²) < 4.78 is 5.53. The lowest BCUT2D eigenvalue weighted by atomic mass is 9.89. The molecule has 0 aromatic carbocycles. The summed E-state index contributed by atoms with van der Waals surface area (Å²) in [6.07, 6.45) is 9.65. The van der Waals surface area contributed by atoms with Gasteiger partial charge >= 0.3 is 0 Å². The molecule has 2 unspecified atom stereocenters. The normalized spacial score (nSPS) is 23.1. The maximum absolute atomic E-state index is 12.6. The molecular weight excluding hydrogens is 444 g/mol. The van der Waals surface area contributed by atoms with E-state index in [9.17, 15) is 9.59 Å². The number of ketones is 1. The molecule has 3 heterocycles. The van der Waals surface area contributed by atoms with Gasteiger partial charge in [-0.05, 0) is 19.2 Å². The zero-order valence-corrected chi connectivity index (χ0v) is 19.9. The molecule has 2 atom stereocenters. The summed E-state index contributed by atoms with van der Waals surface area (Å²) in [5.41, 5.74) is 0.809. The standard InChI is InChI=1S/C23H29ClN6O3/c1-4-17(31)14-33-20-12-15-11-16(5-6-19(15)29(3)22(20)32)26-21-18(24)13-25-23(27-21)30-9-7-28(2)8-10-30/h5-6,11-13,15,19H,4,7-10,14H2,1-3H3,(H,25,26,27). The lowest BCUT2D eigenvalue weighted by Crippen LogP contribution is -2.45. The molecule has 1 fully saturated rings. The van der Waals surface area contributed by atoms with Crippen molar-refractivity contribution in [1.82, 2.24) is 19.8 Å². The van der Waals surface area contributed by atoms with E-state index < -0.39 is 0 Å². The van der Waals surface area contributed by atoms with Crippen LogP contribution in [0, 0.1) is 5.92 Å². The van der Waals surface area contributed by atoms with Crippen LogP contribution in [0.5, 0.6) is 0 Å². The number of carbonyl (C=O) groups excluding carboxylic acids is 2. The van der Waals surface area contributed by atoms with Gasteiger partial charge < -0.3 is 24.8 Å². The van der Waals surface area contributed by atoms with Crippen LogP contribution in [0.1, 0.15) is 13.3 Å². The number of halogens is 1. The van der Waals surface area contributed by atoms with Gasteiger partial charge in [-0.2, -0.15) is 4.98 Å². The Hall–Kier alpha value is -2.91. The summed E-state index contributed by atoms with van der Waals surface area (Å²) in [6, 6.07) is -0.126. The van der Waals surface area contributed by atoms with E-state index in [0.29, 0.717) is 23.2 Å². The van der Waals surface area contributed by atoms with Gasteiger partial charge in [0.1, 0.15) is 11.6 Å². The molecule has 1 amide bonds. The highest BCUT2D eigenvalue weighted by molar-refractivity contribution is 6.32. The average Bonchev–Trinajstić information content (AvgIpc) is 2.82. The first-order chi connectivity index (χ1) is 15.9. The fourth-order valence-electron chi connectivity index (χ4n) is 3.98. The SMILES string of the molecule is CCC(=O)COC1=CC2C=C(Nc3nc(N4CCN(C)CC4)ncc3Cl)C=CC2N(C)C1=O. The third kappa shape index (κ3) is 5.20. The highest BCUT2D eigenvalue weighted by Gasteiger charge is 2.34. The highest BCUT2D eigenvalue weighted by atomic mass is 35.5. The molecule has 1 aromatic rings. The van der Waals surface area contributed by atoms with Crippen LogP contribution in [0.2, 0.25) is 5.02 Å². The Morgan fingerprint density at radius 1 is 1.24 bits per heavy atom. The van der Waals surface area contributed by atoms with E-state index in [2.05, 4.69) is 32.1 Å². The summed E-state index contributed by atoms with van der Waals surface area (Å²) in [5.74, 6) is 0.986. The second-order valence-corrected chi connectivity index (χ2v) is 8.87. The molecule has 0 spiro atoms. The minimum Gasteiger partial charge on any atom is -0.480 e. The predicted octanol–water partition coefficient (Wildman–Crippen LogP) is 2.08. The quantitative estimate of drug-likeness (QED) is 0.645. The van der Waals surface area contributed by atoms with Gasteiger partial charge in [-0.3, -0.25) is 9.59 Å². The van der Waals surface area contributed by atoms with Crippen molar-refractivity contribution < 1.29 is 14.3 Å². The molecule has 2 aliphatic heterocycles. The van der Waals surface area contributed by atoms with Crippen LogP contribution in [0.3, 0.4) is 0 Å². The smallest absolute Gasteiger partial charge is 0.288 e. The van der Waals surface area contributed by atoms with Crippen molar-refractivity contribution >= 4 is 35.1 Å². The van der Waals surface area contributed by atoms with Gasteiger partial charge in [-0.25, -0.2) is 4.98 Å². The molecular formula is C23H29ClN6O3. The molecule has 4 rings (SSSR count). The predicted molar refractivity (Wildman–Crippen MR) is 127 cm³/mol. The zero-order chi connectivity index (χ0) is 23.5. The molecule has 176 valence electrons. The number of carbonyl (C=O) groups is 2. The van der Waals surface area contributed by atoms with Crippen molar-refractivity contribution in [3.05, 3.63) is 47.0 Å². The van der Waals surface area contributed by atoms with E-state index >= 15 is 0 Å². The monoisotopic (exact) mass is 472 g/mol. The molecule has 0 radical (unpaired) electrons. The minimum atomic E-state index is -0.231. The van der Waals surface area contributed by atoms with Gasteiger partial charge in [-0.15, -0.1) is 0 Å². The molecule has 1 N–H and O–H groups in total. The second kappa shape index (κ2) is 9.93. The number of hydrogen-bond donors (Lipinski definition) is 1. The fraction of sp³-hybridized carbons (Fsp3) is 0.478. The van der Waals surface area contributed by atoms with Crippen LogP contribution < -0.4 is 10.2 Å². The number of allylic oxidation sites excluding steroid dienone is 1. The topological polar surface area (TPSA) is 90.9 Å². The molecule has 33 heavy (non-hydrogen) atoms. The molecule has 9 nitrogen and oxygen atoms in total. The van der Waals surface area contributed by atoms with E-state index in [-0.39, 0.29) is 36.0 Å². The van der Waals surface area contributed by atoms with Crippen molar-refractivity contribution in [1.29, 1.82) is 0 Å². The van der Waals surface area contributed by atoms with Crippen molar-refractivity contribution in [3.63, 3.8) is 0 Å². The van der Waals surface area contributed by atoms with E-state index in [1.54, 1.807) is 31.1 Å². The molecule has 10 heteroatoms. The highest BCUT2D eigenvalue weighted by Crippen LogP contribution is 2.31. The number of amides is 1. The van der Waals surface area contributed by atoms with Gasteiger partial charge in [0.15, 0.2) is 17.4 Å². The van der Waals surface area contributed by atoms with Crippen molar-refractivity contribution in [3.8, 4) is 0 Å². The third-order valence-corrected chi connectivity index (χ3v) is 6.40. The lowest BCUT2D eigenvalue weighted by molar-refractivity contribution is -0.133. The number of aromatic nitrogens is 2. The third-order valence-electron chi connectivity index (χ3n) is 6.12. The van der Waals surface area contributed by atoms with E-state index in [4.69, 9.17) is 16.3 Å².